The fourth-order valence-electron chi connectivity index (χ4n) is 2.93. The lowest BCUT2D eigenvalue weighted by molar-refractivity contribution is -0.130. The van der Waals surface area contributed by atoms with Crippen LogP contribution in [0.4, 0.5) is 4.79 Å². The van der Waals surface area contributed by atoms with E-state index in [1.54, 1.807) is 22.9 Å². The lowest BCUT2D eigenvalue weighted by Gasteiger charge is -2.17. The molecule has 1 atom stereocenters. The number of rotatable bonds is 5. The standard InChI is InChI=1S/C20H19N5O2S/c1-3-20(2)18(26)25(19(27)22-20)21-12-14-13-24(15-8-5-4-6-9-15)23-17(14)16-10-7-11-28-16/h4-13H,3H2,1-2H3,(H,22,27)/t20-/m1/s1. The van der Waals surface area contributed by atoms with Crippen LogP contribution in [0.3, 0.4) is 0 Å². The lowest BCUT2D eigenvalue weighted by atomic mass is 10.00. The number of thiophene rings is 1. The molecule has 0 radical (unpaired) electrons. The molecule has 1 aromatic carbocycles. The van der Waals surface area contributed by atoms with Crippen molar-refractivity contribution in [3.8, 4) is 16.3 Å². The van der Waals surface area contributed by atoms with Crippen LogP contribution < -0.4 is 5.32 Å². The zero-order valence-corrected chi connectivity index (χ0v) is 16.3. The highest BCUT2D eigenvalue weighted by Crippen LogP contribution is 2.27. The molecule has 0 aliphatic carbocycles. The average molecular weight is 393 g/mol. The summed E-state index contributed by atoms with van der Waals surface area (Å²) in [5.74, 6) is -0.357. The number of carbonyl (C=O) groups is 2. The minimum atomic E-state index is -0.917. The minimum absolute atomic E-state index is 0.357. The molecule has 28 heavy (non-hydrogen) atoms. The van der Waals surface area contributed by atoms with Gasteiger partial charge in [-0.3, -0.25) is 4.79 Å². The minimum Gasteiger partial charge on any atom is -0.322 e. The number of para-hydroxylation sites is 1. The van der Waals surface area contributed by atoms with E-state index in [2.05, 4.69) is 15.5 Å². The van der Waals surface area contributed by atoms with Gasteiger partial charge in [-0.25, -0.2) is 9.48 Å². The monoisotopic (exact) mass is 393 g/mol. The van der Waals surface area contributed by atoms with Gasteiger partial charge in [-0.15, -0.1) is 16.3 Å². The largest absolute Gasteiger partial charge is 0.346 e. The van der Waals surface area contributed by atoms with Crippen molar-refractivity contribution in [1.29, 1.82) is 0 Å². The molecule has 0 saturated carbocycles. The Balaban J connectivity index is 1.71. The Kier molecular flexibility index (Phi) is 4.56. The maximum absolute atomic E-state index is 12.5. The first kappa shape index (κ1) is 18.1. The van der Waals surface area contributed by atoms with Crippen molar-refractivity contribution in [3.05, 3.63) is 59.6 Å². The molecule has 8 heteroatoms. The normalized spacial score (nSPS) is 19.6. The van der Waals surface area contributed by atoms with E-state index in [-0.39, 0.29) is 5.91 Å². The van der Waals surface area contributed by atoms with Crippen LogP contribution in [0.2, 0.25) is 0 Å². The van der Waals surface area contributed by atoms with Gasteiger partial charge in [0.2, 0.25) is 0 Å². The Labute approximate surface area is 166 Å². The summed E-state index contributed by atoms with van der Waals surface area (Å²) < 4.78 is 1.76. The summed E-state index contributed by atoms with van der Waals surface area (Å²) in [7, 11) is 0. The zero-order valence-electron chi connectivity index (χ0n) is 15.5. The van der Waals surface area contributed by atoms with Crippen LogP contribution in [0.1, 0.15) is 25.8 Å². The number of hydrogen-bond donors (Lipinski definition) is 1. The summed E-state index contributed by atoms with van der Waals surface area (Å²) >= 11 is 1.56. The number of nitrogens with zero attached hydrogens (tertiary/aromatic N) is 4. The molecule has 1 fully saturated rings. The molecule has 1 aliphatic heterocycles. The topological polar surface area (TPSA) is 79.6 Å². The third-order valence-corrected chi connectivity index (χ3v) is 5.65. The molecular weight excluding hydrogens is 374 g/mol. The molecule has 0 unspecified atom stereocenters. The van der Waals surface area contributed by atoms with Crippen molar-refractivity contribution in [1.82, 2.24) is 20.1 Å². The highest BCUT2D eigenvalue weighted by Gasteiger charge is 2.46. The maximum Gasteiger partial charge on any atom is 0.346 e. The third kappa shape index (κ3) is 3.11. The summed E-state index contributed by atoms with van der Waals surface area (Å²) in [6.45, 7) is 3.55. The van der Waals surface area contributed by atoms with E-state index in [9.17, 15) is 9.59 Å². The van der Waals surface area contributed by atoms with Crippen LogP contribution in [-0.4, -0.2) is 38.5 Å². The van der Waals surface area contributed by atoms with Crippen LogP contribution in [-0.2, 0) is 4.79 Å². The van der Waals surface area contributed by atoms with Gasteiger partial charge in [-0.05, 0) is 36.9 Å². The summed E-state index contributed by atoms with van der Waals surface area (Å²) in [6.07, 6.45) is 3.85. The molecule has 2 aromatic heterocycles. The van der Waals surface area contributed by atoms with Crippen LogP contribution in [0.5, 0.6) is 0 Å². The van der Waals surface area contributed by atoms with Gasteiger partial charge < -0.3 is 5.32 Å². The zero-order chi connectivity index (χ0) is 19.7. The van der Waals surface area contributed by atoms with Gasteiger partial charge in [0.15, 0.2) is 0 Å². The molecule has 1 saturated heterocycles. The smallest absolute Gasteiger partial charge is 0.322 e. The second kappa shape index (κ2) is 7.05. The highest BCUT2D eigenvalue weighted by atomic mass is 32.1. The van der Waals surface area contributed by atoms with Crippen molar-refractivity contribution < 1.29 is 9.59 Å². The number of carbonyl (C=O) groups excluding carboxylic acids is 2. The Morgan fingerprint density at radius 2 is 2.00 bits per heavy atom. The predicted molar refractivity (Wildman–Crippen MR) is 109 cm³/mol. The molecular formula is C20H19N5O2S. The van der Waals surface area contributed by atoms with Gasteiger partial charge in [0.25, 0.3) is 5.91 Å². The Morgan fingerprint density at radius 3 is 2.64 bits per heavy atom. The second-order valence-corrected chi connectivity index (χ2v) is 7.62. The predicted octanol–water partition coefficient (Wildman–Crippen LogP) is 3.66. The van der Waals surface area contributed by atoms with Crippen LogP contribution in [0, 0.1) is 0 Å². The van der Waals surface area contributed by atoms with Crippen molar-refractivity contribution in [2.24, 2.45) is 5.10 Å². The van der Waals surface area contributed by atoms with E-state index in [1.807, 2.05) is 61.0 Å². The number of amides is 3. The van der Waals surface area contributed by atoms with Crippen molar-refractivity contribution in [2.75, 3.05) is 0 Å². The number of imide groups is 1. The van der Waals surface area contributed by atoms with E-state index >= 15 is 0 Å². The second-order valence-electron chi connectivity index (χ2n) is 6.67. The molecule has 3 amide bonds. The molecule has 142 valence electrons. The molecule has 1 aliphatic rings. The van der Waals surface area contributed by atoms with Gasteiger partial charge in [0.1, 0.15) is 11.2 Å². The highest BCUT2D eigenvalue weighted by molar-refractivity contribution is 7.13. The van der Waals surface area contributed by atoms with Crippen molar-refractivity contribution >= 4 is 29.5 Å². The average Bonchev–Trinajstić information content (AvgIpc) is 3.41. The SMILES string of the molecule is CC[C@@]1(C)NC(=O)N(N=Cc2cn(-c3ccccc3)nc2-c2cccs2)C1=O. The first-order valence-electron chi connectivity index (χ1n) is 8.91. The Bertz CT molecular complexity index is 1040. The summed E-state index contributed by atoms with van der Waals surface area (Å²) in [5, 5.41) is 14.4. The van der Waals surface area contributed by atoms with E-state index in [1.165, 1.54) is 6.21 Å². The van der Waals surface area contributed by atoms with Crippen molar-refractivity contribution in [3.63, 3.8) is 0 Å². The molecule has 4 rings (SSSR count). The molecule has 7 nitrogen and oxygen atoms in total. The Morgan fingerprint density at radius 1 is 1.21 bits per heavy atom. The third-order valence-electron chi connectivity index (χ3n) is 4.78. The molecule has 0 spiro atoms. The number of hydrazone groups is 1. The fraction of sp³-hybridized carbons (Fsp3) is 0.200. The van der Waals surface area contributed by atoms with Gasteiger partial charge >= 0.3 is 6.03 Å². The molecule has 0 bridgehead atoms. The number of nitrogens with one attached hydrogen (secondary N) is 1. The molecule has 1 N–H and O–H groups in total. The van der Waals surface area contributed by atoms with Crippen LogP contribution >= 0.6 is 11.3 Å². The summed E-state index contributed by atoms with van der Waals surface area (Å²) in [5.41, 5.74) is 1.46. The van der Waals surface area contributed by atoms with E-state index in [0.29, 0.717) is 6.42 Å². The number of urea groups is 1. The van der Waals surface area contributed by atoms with Gasteiger partial charge in [-0.1, -0.05) is 31.2 Å². The van der Waals surface area contributed by atoms with E-state index in [4.69, 9.17) is 0 Å². The van der Waals surface area contributed by atoms with Crippen LogP contribution in [0.25, 0.3) is 16.3 Å². The first-order valence-corrected chi connectivity index (χ1v) is 9.79. The quantitative estimate of drug-likeness (QED) is 0.531. The summed E-state index contributed by atoms with van der Waals surface area (Å²) in [6, 6.07) is 13.1. The number of hydrogen-bond acceptors (Lipinski definition) is 5. The van der Waals surface area contributed by atoms with Gasteiger partial charge in [0, 0.05) is 11.8 Å². The van der Waals surface area contributed by atoms with Crippen molar-refractivity contribution in [2.45, 2.75) is 25.8 Å². The van der Waals surface area contributed by atoms with Crippen LogP contribution in [0.15, 0.2) is 59.1 Å². The number of benzene rings is 1. The molecule has 3 heterocycles. The van der Waals surface area contributed by atoms with E-state index < -0.39 is 11.6 Å². The Hall–Kier alpha value is -3.26. The van der Waals surface area contributed by atoms with Gasteiger partial charge in [0.05, 0.1) is 16.8 Å². The van der Waals surface area contributed by atoms with E-state index in [0.717, 1.165) is 26.8 Å². The lowest BCUT2D eigenvalue weighted by Crippen LogP contribution is -2.42. The number of aromatic nitrogens is 2. The first-order chi connectivity index (χ1) is 13.5. The molecule has 3 aromatic rings. The maximum atomic E-state index is 12.5. The van der Waals surface area contributed by atoms with Gasteiger partial charge in [-0.2, -0.15) is 10.2 Å². The summed E-state index contributed by atoms with van der Waals surface area (Å²) in [4.78, 5) is 25.7. The fourth-order valence-corrected chi connectivity index (χ4v) is 3.66.